The molecule has 2 N–H and O–H groups in total. The van der Waals surface area contributed by atoms with E-state index >= 15 is 0 Å². The molecule has 0 bridgehead atoms. The van der Waals surface area contributed by atoms with E-state index in [9.17, 15) is 14.7 Å². The number of pyridine rings is 1. The molecular formula is C15H12ClNO4. The Morgan fingerprint density at radius 3 is 2.81 bits per heavy atom. The Labute approximate surface area is 125 Å². The second kappa shape index (κ2) is 4.93. The number of H-pyrrole nitrogens is 1. The highest BCUT2D eigenvalue weighted by Crippen LogP contribution is 2.38. The van der Waals surface area contributed by atoms with Gasteiger partial charge in [-0.25, -0.2) is 0 Å². The predicted molar refractivity (Wildman–Crippen MR) is 77.0 cm³/mol. The molecule has 1 aliphatic rings. The fraction of sp³-hybridized carbons (Fsp3) is 0.200. The fourth-order valence-electron chi connectivity index (χ4n) is 2.54. The smallest absolute Gasteiger partial charge is 0.312 e. The van der Waals surface area contributed by atoms with Crippen LogP contribution in [0.25, 0.3) is 0 Å². The van der Waals surface area contributed by atoms with Gasteiger partial charge in [0.05, 0.1) is 17.0 Å². The van der Waals surface area contributed by atoms with Crippen LogP contribution in [0.4, 0.5) is 0 Å². The van der Waals surface area contributed by atoms with E-state index in [2.05, 4.69) is 4.98 Å². The number of aromatic nitrogens is 1. The second-order valence-electron chi connectivity index (χ2n) is 5.00. The molecule has 1 atom stereocenters. The molecule has 0 spiro atoms. The summed E-state index contributed by atoms with van der Waals surface area (Å²) in [6.45, 7) is 1.72. The molecule has 5 nitrogen and oxygen atoms in total. The quantitative estimate of drug-likeness (QED) is 0.793. The minimum absolute atomic E-state index is 0.0446. The fourth-order valence-corrected chi connectivity index (χ4v) is 2.73. The van der Waals surface area contributed by atoms with E-state index in [1.165, 1.54) is 6.07 Å². The van der Waals surface area contributed by atoms with E-state index < -0.39 is 11.9 Å². The zero-order valence-corrected chi connectivity index (χ0v) is 11.9. The lowest BCUT2D eigenvalue weighted by Crippen LogP contribution is -2.28. The average molecular weight is 306 g/mol. The third-order valence-corrected chi connectivity index (χ3v) is 3.79. The number of ether oxygens (including phenoxy) is 1. The molecule has 6 heteroatoms. The van der Waals surface area contributed by atoms with Gasteiger partial charge < -0.3 is 14.8 Å². The first-order valence-corrected chi connectivity index (χ1v) is 6.76. The van der Waals surface area contributed by atoms with Gasteiger partial charge in [-0.2, -0.15) is 0 Å². The summed E-state index contributed by atoms with van der Waals surface area (Å²) < 4.78 is 5.16. The van der Waals surface area contributed by atoms with Crippen LogP contribution in [0.3, 0.4) is 0 Å². The third kappa shape index (κ3) is 2.40. The van der Waals surface area contributed by atoms with Gasteiger partial charge in [0.1, 0.15) is 11.5 Å². The van der Waals surface area contributed by atoms with Crippen LogP contribution >= 0.6 is 11.6 Å². The number of aryl methyl sites for hydroxylation is 1. The Hall–Kier alpha value is -2.27. The van der Waals surface area contributed by atoms with Gasteiger partial charge in [-0.3, -0.25) is 9.59 Å². The molecule has 108 valence electrons. The van der Waals surface area contributed by atoms with Crippen molar-refractivity contribution in [2.75, 3.05) is 0 Å². The molecule has 0 radical (unpaired) electrons. The topological polar surface area (TPSA) is 79.4 Å². The number of hydrogen-bond acceptors (Lipinski definition) is 4. The molecule has 0 saturated heterocycles. The monoisotopic (exact) mass is 305 g/mol. The summed E-state index contributed by atoms with van der Waals surface area (Å²) in [5, 5.41) is 9.67. The van der Waals surface area contributed by atoms with E-state index in [0.717, 1.165) is 0 Å². The number of aromatic hydroxyl groups is 1. The molecular weight excluding hydrogens is 294 g/mol. The molecule has 1 unspecified atom stereocenters. The maximum atomic E-state index is 12.2. The molecule has 0 aliphatic carbocycles. The number of nitrogens with one attached hydrogen (secondary N) is 1. The molecule has 3 rings (SSSR count). The van der Waals surface area contributed by atoms with Crippen LogP contribution in [-0.4, -0.2) is 16.1 Å². The van der Waals surface area contributed by atoms with Gasteiger partial charge in [-0.15, -0.1) is 0 Å². The van der Waals surface area contributed by atoms with Crippen molar-refractivity contribution in [3.05, 3.63) is 56.5 Å². The van der Waals surface area contributed by atoms with Crippen molar-refractivity contribution in [3.63, 3.8) is 0 Å². The number of halogens is 1. The van der Waals surface area contributed by atoms with Gasteiger partial charge in [0.15, 0.2) is 0 Å². The number of benzene rings is 1. The van der Waals surface area contributed by atoms with Crippen molar-refractivity contribution in [1.29, 1.82) is 0 Å². The standard InChI is InChI=1S/C15H12ClNO4/c1-7-4-12-14(15(20)17-7)9(6-13(19)21-12)8-2-3-11(18)10(16)5-8/h2-5,9,18H,6H2,1H3,(H,17,20). The number of rotatable bonds is 1. The van der Waals surface area contributed by atoms with Crippen LogP contribution in [0.1, 0.15) is 29.2 Å². The van der Waals surface area contributed by atoms with Gasteiger partial charge >= 0.3 is 5.97 Å². The van der Waals surface area contributed by atoms with Crippen LogP contribution in [0.15, 0.2) is 29.1 Å². The van der Waals surface area contributed by atoms with Crippen molar-refractivity contribution >= 4 is 17.6 Å². The van der Waals surface area contributed by atoms with Gasteiger partial charge in [0, 0.05) is 17.7 Å². The van der Waals surface area contributed by atoms with E-state index in [0.29, 0.717) is 16.8 Å². The van der Waals surface area contributed by atoms with Gasteiger partial charge in [-0.1, -0.05) is 17.7 Å². The normalized spacial score (nSPS) is 17.2. The van der Waals surface area contributed by atoms with Crippen LogP contribution in [-0.2, 0) is 4.79 Å². The van der Waals surface area contributed by atoms with Crippen LogP contribution in [0.2, 0.25) is 5.02 Å². The van der Waals surface area contributed by atoms with Crippen LogP contribution in [0, 0.1) is 6.92 Å². The Morgan fingerprint density at radius 1 is 1.33 bits per heavy atom. The van der Waals surface area contributed by atoms with Crippen LogP contribution < -0.4 is 10.3 Å². The Kier molecular flexibility index (Phi) is 3.22. The lowest BCUT2D eigenvalue weighted by molar-refractivity contribution is -0.135. The third-order valence-electron chi connectivity index (χ3n) is 3.49. The molecule has 2 heterocycles. The summed E-state index contributed by atoms with van der Waals surface area (Å²) in [6, 6.07) is 6.28. The molecule has 0 saturated carbocycles. The van der Waals surface area contributed by atoms with E-state index in [-0.39, 0.29) is 28.5 Å². The minimum atomic E-state index is -0.441. The van der Waals surface area contributed by atoms with Crippen molar-refractivity contribution in [2.24, 2.45) is 0 Å². The van der Waals surface area contributed by atoms with Crippen molar-refractivity contribution in [2.45, 2.75) is 19.3 Å². The first-order valence-electron chi connectivity index (χ1n) is 6.38. The Bertz CT molecular complexity index is 797. The molecule has 0 fully saturated rings. The highest BCUT2D eigenvalue weighted by molar-refractivity contribution is 6.32. The Balaban J connectivity index is 2.19. The zero-order chi connectivity index (χ0) is 15.1. The maximum Gasteiger partial charge on any atom is 0.312 e. The first-order chi connectivity index (χ1) is 9.95. The largest absolute Gasteiger partial charge is 0.506 e. The summed E-state index contributed by atoms with van der Waals surface area (Å²) in [7, 11) is 0. The average Bonchev–Trinajstić information content (AvgIpc) is 2.40. The number of fused-ring (bicyclic) bond motifs is 1. The lowest BCUT2D eigenvalue weighted by atomic mass is 9.87. The van der Waals surface area contributed by atoms with Crippen molar-refractivity contribution in [1.82, 2.24) is 4.98 Å². The van der Waals surface area contributed by atoms with Gasteiger partial charge in [0.25, 0.3) is 5.56 Å². The van der Waals surface area contributed by atoms with E-state index in [1.54, 1.807) is 25.1 Å². The summed E-state index contributed by atoms with van der Waals surface area (Å²) in [5.41, 5.74) is 1.43. The molecule has 1 aromatic carbocycles. The number of phenols is 1. The molecule has 1 aliphatic heterocycles. The highest BCUT2D eigenvalue weighted by Gasteiger charge is 2.31. The summed E-state index contributed by atoms with van der Waals surface area (Å²) in [6.07, 6.45) is 0.0558. The summed E-state index contributed by atoms with van der Waals surface area (Å²) in [5.74, 6) is -0.607. The number of esters is 1. The number of carbonyl (C=O) groups is 1. The number of carbonyl (C=O) groups excluding carboxylic acids is 1. The first kappa shape index (κ1) is 13.7. The predicted octanol–water partition coefficient (Wildman–Crippen LogP) is 2.48. The van der Waals surface area contributed by atoms with E-state index in [1.807, 2.05) is 0 Å². The summed E-state index contributed by atoms with van der Waals surface area (Å²) in [4.78, 5) is 26.7. The number of aromatic amines is 1. The van der Waals surface area contributed by atoms with Gasteiger partial charge in [0.2, 0.25) is 0 Å². The number of hydrogen-bond donors (Lipinski definition) is 2. The van der Waals surface area contributed by atoms with Crippen molar-refractivity contribution < 1.29 is 14.6 Å². The second-order valence-corrected chi connectivity index (χ2v) is 5.41. The SMILES string of the molecule is Cc1cc2c(c(=O)[nH]1)C(c1ccc(O)c(Cl)c1)CC(=O)O2. The lowest BCUT2D eigenvalue weighted by Gasteiger charge is -2.24. The molecule has 0 amide bonds. The molecule has 1 aromatic heterocycles. The molecule has 21 heavy (non-hydrogen) atoms. The maximum absolute atomic E-state index is 12.2. The zero-order valence-electron chi connectivity index (χ0n) is 11.1. The number of phenolic OH excluding ortho intramolecular Hbond substituents is 1. The summed E-state index contributed by atoms with van der Waals surface area (Å²) >= 11 is 5.91. The van der Waals surface area contributed by atoms with E-state index in [4.69, 9.17) is 16.3 Å². The highest BCUT2D eigenvalue weighted by atomic mass is 35.5. The molecule has 2 aromatic rings. The van der Waals surface area contributed by atoms with Crippen LogP contribution in [0.5, 0.6) is 11.5 Å². The minimum Gasteiger partial charge on any atom is -0.506 e. The van der Waals surface area contributed by atoms with Gasteiger partial charge in [-0.05, 0) is 24.6 Å². The Morgan fingerprint density at radius 2 is 2.10 bits per heavy atom. The van der Waals surface area contributed by atoms with Crippen molar-refractivity contribution in [3.8, 4) is 11.5 Å².